The summed E-state index contributed by atoms with van der Waals surface area (Å²) in [4.78, 5) is 23.3. The summed E-state index contributed by atoms with van der Waals surface area (Å²) >= 11 is 0. The minimum absolute atomic E-state index is 0.0243. The van der Waals surface area contributed by atoms with Gasteiger partial charge in [0.1, 0.15) is 17.9 Å². The van der Waals surface area contributed by atoms with Crippen molar-refractivity contribution < 1.29 is 24.5 Å². The number of rotatable bonds is 9. The topological polar surface area (TPSA) is 120 Å². The smallest absolute Gasteiger partial charge is 0.341 e. The number of carbonyl (C=O) groups excluding carboxylic acids is 2. The Morgan fingerprint density at radius 3 is 2.00 bits per heavy atom. The van der Waals surface area contributed by atoms with Gasteiger partial charge in [0.25, 0.3) is 0 Å². The number of hydrogen-bond acceptors (Lipinski definition) is 8. The molecule has 0 saturated carbocycles. The molecule has 5 N–H and O–H groups in total. The average Bonchev–Trinajstić information content (AvgIpc) is 2.54. The van der Waals surface area contributed by atoms with Gasteiger partial charge in [-0.2, -0.15) is 0 Å². The number of aliphatic hydroxyl groups is 2. The van der Waals surface area contributed by atoms with E-state index in [2.05, 4.69) is 27.3 Å². The number of aliphatic hydroxyl groups excluding tert-OH is 2. The summed E-state index contributed by atoms with van der Waals surface area (Å²) in [7, 11) is 4.81. The second-order valence-corrected chi connectivity index (χ2v) is 5.64. The molecule has 0 heterocycles. The van der Waals surface area contributed by atoms with E-state index in [0.29, 0.717) is 0 Å². The van der Waals surface area contributed by atoms with E-state index >= 15 is 0 Å². The zero-order valence-electron chi connectivity index (χ0n) is 15.1. The van der Waals surface area contributed by atoms with Crippen molar-refractivity contribution in [1.29, 1.82) is 0 Å². The Bertz CT molecular complexity index is 500. The molecule has 0 fully saturated rings. The maximum atomic E-state index is 11.9. The van der Waals surface area contributed by atoms with Crippen LogP contribution in [0.4, 0.5) is 0 Å². The molecule has 0 aliphatic carbocycles. The van der Waals surface area contributed by atoms with Crippen molar-refractivity contribution >= 4 is 11.9 Å². The molecular weight excluding hydrogens is 314 g/mol. The van der Waals surface area contributed by atoms with Crippen LogP contribution in [0.2, 0.25) is 0 Å². The number of carbonyl (C=O) groups is 2. The fourth-order valence-corrected chi connectivity index (χ4v) is 2.13. The van der Waals surface area contributed by atoms with Crippen molar-refractivity contribution in [2.45, 2.75) is 44.7 Å². The Labute approximate surface area is 143 Å². The van der Waals surface area contributed by atoms with Crippen molar-refractivity contribution in [2.75, 3.05) is 21.1 Å². The van der Waals surface area contributed by atoms with Gasteiger partial charge in [0.2, 0.25) is 0 Å². The lowest BCUT2D eigenvalue weighted by molar-refractivity contribution is -0.154. The van der Waals surface area contributed by atoms with Crippen LogP contribution < -0.4 is 16.0 Å². The van der Waals surface area contributed by atoms with E-state index in [1.807, 2.05) is 0 Å². The van der Waals surface area contributed by atoms with Gasteiger partial charge in [-0.15, -0.1) is 0 Å². The van der Waals surface area contributed by atoms with Crippen LogP contribution in [-0.2, 0) is 14.3 Å². The second kappa shape index (κ2) is 9.65. The molecule has 24 heavy (non-hydrogen) atoms. The van der Waals surface area contributed by atoms with Crippen molar-refractivity contribution in [2.24, 2.45) is 0 Å². The Hall–Kier alpha value is -1.58. The maximum absolute atomic E-state index is 11.9. The Morgan fingerprint density at radius 1 is 1.12 bits per heavy atom. The van der Waals surface area contributed by atoms with Gasteiger partial charge >= 0.3 is 11.9 Å². The van der Waals surface area contributed by atoms with Gasteiger partial charge in [-0.1, -0.05) is 6.58 Å². The van der Waals surface area contributed by atoms with E-state index in [4.69, 9.17) is 0 Å². The summed E-state index contributed by atoms with van der Waals surface area (Å²) in [5.74, 6) is -1.72. The first kappa shape index (κ1) is 22.4. The number of hydrogen-bond donors (Lipinski definition) is 5. The predicted molar refractivity (Wildman–Crippen MR) is 91.1 cm³/mol. The zero-order valence-corrected chi connectivity index (χ0v) is 15.1. The molecule has 0 bridgehead atoms. The van der Waals surface area contributed by atoms with Crippen molar-refractivity contribution in [1.82, 2.24) is 16.0 Å². The minimum atomic E-state index is -1.32. The summed E-state index contributed by atoms with van der Waals surface area (Å²) < 4.78 is 4.61. The van der Waals surface area contributed by atoms with Crippen LogP contribution in [-0.4, -0.2) is 67.2 Å². The molecule has 0 amide bonds. The van der Waals surface area contributed by atoms with Crippen LogP contribution in [0.1, 0.15) is 20.8 Å². The molecule has 3 atom stereocenters. The number of nitrogens with one attached hydrogen (secondary N) is 3. The van der Waals surface area contributed by atoms with Crippen LogP contribution >= 0.6 is 0 Å². The van der Waals surface area contributed by atoms with Crippen LogP contribution in [0.25, 0.3) is 0 Å². The standard InChI is InChI=1S/C16H29N3O5/c1-9(2)14(22)24-15(23)10(3)8-12(20)16(18-6,19-7)13(21)11(4)17-5/h8,11-13,17-21H,1H2,2-7H3. The number of ether oxygens (including phenoxy) is 1. The molecule has 0 aromatic rings. The van der Waals surface area contributed by atoms with Gasteiger partial charge in [-0.05, 0) is 48.0 Å². The molecule has 0 spiro atoms. The largest absolute Gasteiger partial charge is 0.388 e. The lowest BCUT2D eigenvalue weighted by Crippen LogP contribution is -2.72. The third kappa shape index (κ3) is 5.22. The van der Waals surface area contributed by atoms with Crippen molar-refractivity contribution in [3.63, 3.8) is 0 Å². The van der Waals surface area contributed by atoms with Crippen LogP contribution in [0.15, 0.2) is 23.8 Å². The fourth-order valence-electron chi connectivity index (χ4n) is 2.13. The van der Waals surface area contributed by atoms with Crippen molar-refractivity contribution in [3.8, 4) is 0 Å². The molecule has 3 unspecified atom stereocenters. The Balaban J connectivity index is 5.44. The third-order valence-electron chi connectivity index (χ3n) is 3.95. The van der Waals surface area contributed by atoms with E-state index in [9.17, 15) is 19.8 Å². The minimum Gasteiger partial charge on any atom is -0.388 e. The van der Waals surface area contributed by atoms with Gasteiger partial charge in [0.05, 0.1) is 0 Å². The number of likely N-dealkylation sites (N-methyl/N-ethyl adjacent to an activating group) is 3. The van der Waals surface area contributed by atoms with E-state index in [1.54, 1.807) is 28.1 Å². The molecule has 0 saturated heterocycles. The van der Waals surface area contributed by atoms with Crippen molar-refractivity contribution in [3.05, 3.63) is 23.8 Å². The Kier molecular flexibility index (Phi) is 9.02. The van der Waals surface area contributed by atoms with E-state index in [0.717, 1.165) is 0 Å². The third-order valence-corrected chi connectivity index (χ3v) is 3.95. The average molecular weight is 343 g/mol. The Morgan fingerprint density at radius 2 is 1.62 bits per heavy atom. The summed E-state index contributed by atoms with van der Waals surface area (Å²) in [6.07, 6.45) is -1.11. The molecule has 0 rings (SSSR count). The van der Waals surface area contributed by atoms with E-state index < -0.39 is 29.8 Å². The summed E-state index contributed by atoms with van der Waals surface area (Å²) in [6, 6.07) is -0.356. The van der Waals surface area contributed by atoms with Crippen LogP contribution in [0.3, 0.4) is 0 Å². The van der Waals surface area contributed by atoms with E-state index in [1.165, 1.54) is 19.9 Å². The summed E-state index contributed by atoms with van der Waals surface area (Å²) in [5.41, 5.74) is -1.20. The maximum Gasteiger partial charge on any atom is 0.341 e. The highest BCUT2D eigenvalue weighted by Gasteiger charge is 2.43. The first-order valence-corrected chi connectivity index (χ1v) is 7.59. The van der Waals surface area contributed by atoms with Gasteiger partial charge in [0.15, 0.2) is 0 Å². The summed E-state index contributed by atoms with van der Waals surface area (Å²) in [5, 5.41) is 29.7. The summed E-state index contributed by atoms with van der Waals surface area (Å²) in [6.45, 7) is 7.96. The molecule has 0 aromatic carbocycles. The molecule has 8 nitrogen and oxygen atoms in total. The highest BCUT2D eigenvalue weighted by molar-refractivity contribution is 6.01. The van der Waals surface area contributed by atoms with Gasteiger partial charge in [0, 0.05) is 17.2 Å². The quantitative estimate of drug-likeness (QED) is 0.157. The SMILES string of the molecule is C=C(C)C(=O)OC(=O)C(C)=CC(O)C(NC)(NC)C(O)C(C)NC. The van der Waals surface area contributed by atoms with Gasteiger partial charge < -0.3 is 20.3 Å². The molecule has 0 aliphatic heterocycles. The number of esters is 2. The second-order valence-electron chi connectivity index (χ2n) is 5.64. The normalized spacial score (nSPS) is 16.2. The molecule has 8 heteroatoms. The fraction of sp³-hybridized carbons (Fsp3) is 0.625. The molecular formula is C16H29N3O5. The first-order valence-electron chi connectivity index (χ1n) is 7.59. The van der Waals surface area contributed by atoms with Gasteiger partial charge in [-0.3, -0.25) is 10.6 Å². The van der Waals surface area contributed by atoms with Crippen LogP contribution in [0.5, 0.6) is 0 Å². The molecule has 138 valence electrons. The monoisotopic (exact) mass is 343 g/mol. The highest BCUT2D eigenvalue weighted by atomic mass is 16.6. The molecule has 0 radical (unpaired) electrons. The lowest BCUT2D eigenvalue weighted by atomic mass is 9.90. The lowest BCUT2D eigenvalue weighted by Gasteiger charge is -2.42. The predicted octanol–water partition coefficient (Wildman–Crippen LogP) is -0.957. The van der Waals surface area contributed by atoms with Crippen LogP contribution in [0, 0.1) is 0 Å². The molecule has 0 aliphatic rings. The van der Waals surface area contributed by atoms with Gasteiger partial charge in [-0.25, -0.2) is 9.59 Å². The highest BCUT2D eigenvalue weighted by Crippen LogP contribution is 2.18. The zero-order chi connectivity index (χ0) is 19.1. The molecule has 0 aromatic heterocycles. The van der Waals surface area contributed by atoms with E-state index in [-0.39, 0.29) is 17.2 Å². The first-order chi connectivity index (χ1) is 11.1.